The van der Waals surface area contributed by atoms with Gasteiger partial charge in [-0.3, -0.25) is 20.2 Å². The lowest BCUT2D eigenvalue weighted by Crippen LogP contribution is -2.47. The zero-order valence-electron chi connectivity index (χ0n) is 7.63. The molecule has 0 aromatic heterocycles. The van der Waals surface area contributed by atoms with Crippen molar-refractivity contribution >= 4 is 0 Å². The van der Waals surface area contributed by atoms with Gasteiger partial charge in [0.2, 0.25) is 0 Å². The van der Waals surface area contributed by atoms with E-state index in [9.17, 15) is 20.2 Å². The second kappa shape index (κ2) is 5.57. The van der Waals surface area contributed by atoms with Crippen molar-refractivity contribution in [3.05, 3.63) is 51.6 Å². The molecule has 0 fully saturated rings. The molecular formula is C2HN11O4. The van der Waals surface area contributed by atoms with Crippen molar-refractivity contribution in [3.8, 4) is 0 Å². The molecule has 0 N–H and O–H groups in total. The molecule has 0 bridgehead atoms. The minimum Gasteiger partial charge on any atom is -0.259 e. The maximum Gasteiger partial charge on any atom is 0.473 e. The van der Waals surface area contributed by atoms with Crippen LogP contribution in [0.4, 0.5) is 0 Å². The molecule has 0 atom stereocenters. The van der Waals surface area contributed by atoms with Crippen LogP contribution in [0.5, 0.6) is 0 Å². The van der Waals surface area contributed by atoms with Gasteiger partial charge in [-0.1, -0.05) is 15.3 Å². The summed E-state index contributed by atoms with van der Waals surface area (Å²) >= 11 is 0. The molecule has 0 saturated carbocycles. The molecule has 0 rings (SSSR count). The predicted molar refractivity (Wildman–Crippen MR) is 47.9 cm³/mol. The van der Waals surface area contributed by atoms with Gasteiger partial charge >= 0.3 is 12.0 Å². The number of hydrogen-bond donors (Lipinski definition) is 0. The first-order valence-corrected chi connectivity index (χ1v) is 3.41. The van der Waals surface area contributed by atoms with Crippen molar-refractivity contribution in [2.75, 3.05) is 0 Å². The van der Waals surface area contributed by atoms with Crippen LogP contribution >= 0.6 is 0 Å². The average molecular weight is 243 g/mol. The van der Waals surface area contributed by atoms with E-state index in [-0.39, 0.29) is 0 Å². The summed E-state index contributed by atoms with van der Waals surface area (Å²) in [7, 11) is 0. The Bertz CT molecular complexity index is 416. The number of nitrogens with zero attached hydrogens (tertiary/aromatic N) is 11. The molecule has 15 heteroatoms. The first kappa shape index (κ1) is 13.7. The zero-order valence-corrected chi connectivity index (χ0v) is 7.63. The van der Waals surface area contributed by atoms with E-state index >= 15 is 0 Å². The average Bonchev–Trinajstić information content (AvgIpc) is 2.17. The van der Waals surface area contributed by atoms with E-state index < -0.39 is 21.8 Å². The summed E-state index contributed by atoms with van der Waals surface area (Å²) in [6.07, 6.45) is -2.93. The van der Waals surface area contributed by atoms with Crippen LogP contribution < -0.4 is 0 Å². The summed E-state index contributed by atoms with van der Waals surface area (Å²) in [6, 6.07) is 0. The third-order valence-electron chi connectivity index (χ3n) is 1.32. The topological polar surface area (TPSA) is 233 Å². The molecule has 0 amide bonds. The summed E-state index contributed by atoms with van der Waals surface area (Å²) in [5.41, 5.74) is 24.3. The molecule has 17 heavy (non-hydrogen) atoms. The third-order valence-corrected chi connectivity index (χ3v) is 1.32. The van der Waals surface area contributed by atoms with Crippen molar-refractivity contribution < 1.29 is 9.85 Å². The van der Waals surface area contributed by atoms with Crippen LogP contribution in [0.25, 0.3) is 31.3 Å². The molecule has 88 valence electrons. The number of rotatable bonds is 6. The molecule has 0 heterocycles. The standard InChI is InChI=1S/C2HN11O4/c3-9-6-2(7-10-4,8-11-5)1(12(14)15)13(16)17/h1H. The Labute approximate surface area is 89.8 Å². The monoisotopic (exact) mass is 243 g/mol. The molecule has 0 aromatic rings. The fourth-order valence-corrected chi connectivity index (χ4v) is 0.772. The van der Waals surface area contributed by atoms with Crippen LogP contribution in [0.15, 0.2) is 15.3 Å². The second-order valence-electron chi connectivity index (χ2n) is 2.20. The molecule has 0 aliphatic heterocycles. The Kier molecular flexibility index (Phi) is 4.50. The highest BCUT2D eigenvalue weighted by Crippen LogP contribution is 2.24. The Balaban J connectivity index is 6.12. The van der Waals surface area contributed by atoms with E-state index in [1.165, 1.54) is 0 Å². The zero-order chi connectivity index (χ0) is 13.5. The van der Waals surface area contributed by atoms with Crippen LogP contribution in [0.3, 0.4) is 0 Å². The van der Waals surface area contributed by atoms with E-state index in [4.69, 9.17) is 16.6 Å². The largest absolute Gasteiger partial charge is 0.473 e. The normalized spacial score (nSPS) is 12.3. The Hall–Kier alpha value is -3.27. The Morgan fingerprint density at radius 3 is 1.41 bits per heavy atom. The molecule has 0 unspecified atom stereocenters. The van der Waals surface area contributed by atoms with Crippen molar-refractivity contribution in [2.45, 2.75) is 12.0 Å². The van der Waals surface area contributed by atoms with Crippen LogP contribution in [0.1, 0.15) is 0 Å². The van der Waals surface area contributed by atoms with Gasteiger partial charge in [-0.15, -0.1) is 0 Å². The molecule has 0 aliphatic carbocycles. The van der Waals surface area contributed by atoms with Crippen molar-refractivity contribution in [3.63, 3.8) is 0 Å². The van der Waals surface area contributed by atoms with Gasteiger partial charge in [0, 0.05) is 14.7 Å². The molecule has 15 nitrogen and oxygen atoms in total. The highest BCUT2D eigenvalue weighted by molar-refractivity contribution is 4.87. The SMILES string of the molecule is [N-]=[N+]=NC(N=[N+]=[N-])(N=[N+]=[N-])C([N+](=O)[O-])[N+](=O)[O-]. The molecule has 0 radical (unpaired) electrons. The fraction of sp³-hybridized carbons (Fsp3) is 1.00. The van der Waals surface area contributed by atoms with E-state index in [0.717, 1.165) is 0 Å². The molecule has 0 aliphatic rings. The summed E-state index contributed by atoms with van der Waals surface area (Å²) in [5.74, 6) is -3.16. The summed E-state index contributed by atoms with van der Waals surface area (Å²) in [4.78, 5) is 23.9. The molecule has 0 saturated heterocycles. The number of azide groups is 1. The summed E-state index contributed by atoms with van der Waals surface area (Å²) in [6.45, 7) is 0. The Morgan fingerprint density at radius 1 is 0.941 bits per heavy atom. The molecular weight excluding hydrogens is 242 g/mol. The van der Waals surface area contributed by atoms with Crippen LogP contribution in [0, 0.1) is 20.2 Å². The maximum absolute atomic E-state index is 10.4. The van der Waals surface area contributed by atoms with Gasteiger partial charge in [-0.05, 0) is 16.6 Å². The van der Waals surface area contributed by atoms with E-state index in [1.807, 2.05) is 14.7 Å². The lowest BCUT2D eigenvalue weighted by atomic mass is 10.3. The molecule has 0 spiro atoms. The van der Waals surface area contributed by atoms with Crippen LogP contribution in [0.2, 0.25) is 0 Å². The van der Waals surface area contributed by atoms with Gasteiger partial charge in [0.05, 0.1) is 9.85 Å². The predicted octanol–water partition coefficient (Wildman–Crippen LogP) is 1.45. The highest BCUT2D eigenvalue weighted by Gasteiger charge is 2.56. The minimum absolute atomic E-state index is 1.52. The van der Waals surface area contributed by atoms with Crippen molar-refractivity contribution in [1.82, 2.24) is 0 Å². The van der Waals surface area contributed by atoms with Gasteiger partial charge in [0.15, 0.2) is 0 Å². The maximum atomic E-state index is 10.4. The Morgan fingerprint density at radius 2 is 1.24 bits per heavy atom. The minimum atomic E-state index is -3.16. The first-order chi connectivity index (χ1) is 7.95. The van der Waals surface area contributed by atoms with Crippen LogP contribution in [-0.2, 0) is 0 Å². The number of hydrogen-bond acceptors (Lipinski definition) is 7. The van der Waals surface area contributed by atoms with Gasteiger partial charge < -0.3 is 0 Å². The smallest absolute Gasteiger partial charge is 0.259 e. The third kappa shape index (κ3) is 2.84. The lowest BCUT2D eigenvalue weighted by molar-refractivity contribution is -0.751. The quantitative estimate of drug-likeness (QED) is 0.168. The molecule has 0 aromatic carbocycles. The first-order valence-electron chi connectivity index (χ1n) is 3.41. The van der Waals surface area contributed by atoms with Gasteiger partial charge in [0.25, 0.3) is 0 Å². The van der Waals surface area contributed by atoms with Gasteiger partial charge in [0.1, 0.15) is 0 Å². The highest BCUT2D eigenvalue weighted by atomic mass is 16.7. The van der Waals surface area contributed by atoms with Crippen molar-refractivity contribution in [2.24, 2.45) is 15.3 Å². The van der Waals surface area contributed by atoms with E-state index in [1.54, 1.807) is 0 Å². The summed E-state index contributed by atoms with van der Waals surface area (Å²) < 4.78 is 0. The second-order valence-corrected chi connectivity index (χ2v) is 2.20. The number of nitro groups is 2. The van der Waals surface area contributed by atoms with Gasteiger partial charge in [-0.25, -0.2) is 0 Å². The summed E-state index contributed by atoms with van der Waals surface area (Å²) in [5, 5.41) is 28.5. The fourth-order valence-electron chi connectivity index (χ4n) is 0.772. The van der Waals surface area contributed by atoms with Crippen LogP contribution in [-0.4, -0.2) is 21.8 Å². The van der Waals surface area contributed by atoms with E-state index in [2.05, 4.69) is 15.3 Å². The van der Waals surface area contributed by atoms with E-state index in [0.29, 0.717) is 0 Å². The van der Waals surface area contributed by atoms with Crippen molar-refractivity contribution in [1.29, 1.82) is 0 Å². The lowest BCUT2D eigenvalue weighted by Gasteiger charge is -2.13. The van der Waals surface area contributed by atoms with Gasteiger partial charge in [-0.2, -0.15) is 0 Å².